The molecule has 1 aromatic heterocycles. The first kappa shape index (κ1) is 9.66. The van der Waals surface area contributed by atoms with Gasteiger partial charge in [0, 0.05) is 18.4 Å². The molecule has 1 fully saturated rings. The Kier molecular flexibility index (Phi) is 2.82. The zero-order chi connectivity index (χ0) is 9.97. The highest BCUT2D eigenvalue weighted by molar-refractivity contribution is 5.25. The Morgan fingerprint density at radius 3 is 2.93 bits per heavy atom. The van der Waals surface area contributed by atoms with Gasteiger partial charge in [0.2, 0.25) is 0 Å². The molecule has 1 N–H and O–H groups in total. The topological polar surface area (TPSA) is 24.9 Å². The van der Waals surface area contributed by atoms with Crippen LogP contribution in [0.15, 0.2) is 18.5 Å². The third-order valence-corrected chi connectivity index (χ3v) is 3.07. The van der Waals surface area contributed by atoms with Gasteiger partial charge in [-0.1, -0.05) is 12.8 Å². The highest BCUT2D eigenvalue weighted by Gasteiger charge is 2.26. The zero-order valence-corrected chi connectivity index (χ0v) is 8.96. The van der Waals surface area contributed by atoms with E-state index in [4.69, 9.17) is 0 Å². The number of hydrogen-bond acceptors (Lipinski definition) is 2. The van der Waals surface area contributed by atoms with Crippen LogP contribution in [-0.4, -0.2) is 12.0 Å². The Hall–Kier alpha value is -0.890. The molecule has 0 radical (unpaired) electrons. The molecule has 2 heteroatoms. The maximum atomic E-state index is 4.20. The lowest BCUT2D eigenvalue weighted by atomic mass is 9.99. The van der Waals surface area contributed by atoms with E-state index in [0.29, 0.717) is 6.04 Å². The summed E-state index contributed by atoms with van der Waals surface area (Å²) in [4.78, 5) is 4.20. The van der Waals surface area contributed by atoms with Gasteiger partial charge in [0.1, 0.15) is 0 Å². The van der Waals surface area contributed by atoms with Crippen LogP contribution in [0, 0.1) is 12.8 Å². The second kappa shape index (κ2) is 4.09. The first-order valence-corrected chi connectivity index (χ1v) is 5.39. The van der Waals surface area contributed by atoms with E-state index in [1.54, 1.807) is 0 Å². The lowest BCUT2D eigenvalue weighted by Crippen LogP contribution is -2.18. The normalized spacial score (nSPS) is 18.1. The number of rotatable bonds is 4. The number of pyridine rings is 1. The standard InChI is InChI=1S/C12H18N2/c1-9-5-6-14-8-11(9)12(13-2)7-10-3-4-10/h5-6,8,10,12-13H,3-4,7H2,1-2H3. The molecule has 2 nitrogen and oxygen atoms in total. The number of aromatic nitrogens is 1. The van der Waals surface area contributed by atoms with Crippen LogP contribution in [0.2, 0.25) is 0 Å². The summed E-state index contributed by atoms with van der Waals surface area (Å²) >= 11 is 0. The average Bonchev–Trinajstić information content (AvgIpc) is 2.99. The van der Waals surface area contributed by atoms with Crippen LogP contribution >= 0.6 is 0 Å². The first-order chi connectivity index (χ1) is 6.81. The predicted octanol–water partition coefficient (Wildman–Crippen LogP) is 2.45. The van der Waals surface area contributed by atoms with Crippen LogP contribution < -0.4 is 5.32 Å². The molecule has 0 aromatic carbocycles. The smallest absolute Gasteiger partial charge is 0.0338 e. The van der Waals surface area contributed by atoms with Gasteiger partial charge < -0.3 is 5.32 Å². The lowest BCUT2D eigenvalue weighted by molar-refractivity contribution is 0.511. The van der Waals surface area contributed by atoms with Crippen molar-refractivity contribution in [1.82, 2.24) is 10.3 Å². The van der Waals surface area contributed by atoms with Crippen molar-refractivity contribution in [3.05, 3.63) is 29.6 Å². The minimum Gasteiger partial charge on any atom is -0.313 e. The molecule has 1 saturated carbocycles. The van der Waals surface area contributed by atoms with Crippen molar-refractivity contribution >= 4 is 0 Å². The second-order valence-corrected chi connectivity index (χ2v) is 4.25. The Bertz CT molecular complexity index is 305. The molecule has 0 spiro atoms. The summed E-state index contributed by atoms with van der Waals surface area (Å²) in [5.41, 5.74) is 2.71. The fourth-order valence-corrected chi connectivity index (χ4v) is 1.93. The van der Waals surface area contributed by atoms with Crippen LogP contribution in [0.1, 0.15) is 36.4 Å². The van der Waals surface area contributed by atoms with Crippen LogP contribution in [0.3, 0.4) is 0 Å². The molecular formula is C12H18N2. The summed E-state index contributed by atoms with van der Waals surface area (Å²) in [6.45, 7) is 2.16. The van der Waals surface area contributed by atoms with E-state index in [2.05, 4.69) is 23.3 Å². The predicted molar refractivity (Wildman–Crippen MR) is 58.1 cm³/mol. The van der Waals surface area contributed by atoms with Gasteiger partial charge in [-0.25, -0.2) is 0 Å². The summed E-state index contributed by atoms with van der Waals surface area (Å²) < 4.78 is 0. The molecule has 2 rings (SSSR count). The number of nitrogens with one attached hydrogen (secondary N) is 1. The zero-order valence-electron chi connectivity index (χ0n) is 8.96. The molecule has 1 heterocycles. The summed E-state index contributed by atoms with van der Waals surface area (Å²) in [7, 11) is 2.04. The molecule has 1 atom stereocenters. The number of hydrogen-bond donors (Lipinski definition) is 1. The van der Waals surface area contributed by atoms with E-state index in [1.165, 1.54) is 30.4 Å². The monoisotopic (exact) mass is 190 g/mol. The quantitative estimate of drug-likeness (QED) is 0.789. The Morgan fingerprint density at radius 2 is 2.36 bits per heavy atom. The maximum Gasteiger partial charge on any atom is 0.0338 e. The van der Waals surface area contributed by atoms with Crippen molar-refractivity contribution < 1.29 is 0 Å². The molecule has 0 amide bonds. The van der Waals surface area contributed by atoms with Crippen molar-refractivity contribution in [1.29, 1.82) is 0 Å². The summed E-state index contributed by atoms with van der Waals surface area (Å²) in [5, 5.41) is 3.39. The fourth-order valence-electron chi connectivity index (χ4n) is 1.93. The molecule has 1 aromatic rings. The third kappa shape index (κ3) is 2.13. The van der Waals surface area contributed by atoms with Crippen LogP contribution in [-0.2, 0) is 0 Å². The molecule has 76 valence electrons. The van der Waals surface area contributed by atoms with E-state index in [-0.39, 0.29) is 0 Å². The number of nitrogens with zero attached hydrogens (tertiary/aromatic N) is 1. The molecule has 0 saturated heterocycles. The van der Waals surface area contributed by atoms with Crippen LogP contribution in [0.4, 0.5) is 0 Å². The fraction of sp³-hybridized carbons (Fsp3) is 0.583. The first-order valence-electron chi connectivity index (χ1n) is 5.39. The van der Waals surface area contributed by atoms with E-state index in [1.807, 2.05) is 19.4 Å². The van der Waals surface area contributed by atoms with Crippen molar-refractivity contribution in [2.75, 3.05) is 7.05 Å². The lowest BCUT2D eigenvalue weighted by Gasteiger charge is -2.17. The molecule has 0 aliphatic heterocycles. The highest BCUT2D eigenvalue weighted by atomic mass is 14.9. The summed E-state index contributed by atoms with van der Waals surface area (Å²) in [6, 6.07) is 2.59. The molecule has 14 heavy (non-hydrogen) atoms. The van der Waals surface area contributed by atoms with Gasteiger partial charge in [-0.05, 0) is 43.5 Å². The van der Waals surface area contributed by atoms with Gasteiger partial charge in [0.15, 0.2) is 0 Å². The second-order valence-electron chi connectivity index (χ2n) is 4.25. The van der Waals surface area contributed by atoms with Gasteiger partial charge in [-0.15, -0.1) is 0 Å². The number of aryl methyl sites for hydroxylation is 1. The average molecular weight is 190 g/mol. The minimum atomic E-state index is 0.496. The van der Waals surface area contributed by atoms with E-state index in [0.717, 1.165) is 5.92 Å². The summed E-state index contributed by atoms with van der Waals surface area (Å²) in [6.07, 6.45) is 7.96. The third-order valence-electron chi connectivity index (χ3n) is 3.07. The van der Waals surface area contributed by atoms with Crippen LogP contribution in [0.25, 0.3) is 0 Å². The molecule has 1 unspecified atom stereocenters. The van der Waals surface area contributed by atoms with E-state index >= 15 is 0 Å². The van der Waals surface area contributed by atoms with Gasteiger partial charge in [0.25, 0.3) is 0 Å². The maximum absolute atomic E-state index is 4.20. The van der Waals surface area contributed by atoms with Crippen molar-refractivity contribution in [3.63, 3.8) is 0 Å². The molecular weight excluding hydrogens is 172 g/mol. The minimum absolute atomic E-state index is 0.496. The molecule has 0 bridgehead atoms. The molecule has 1 aliphatic carbocycles. The Labute approximate surface area is 85.7 Å². The van der Waals surface area contributed by atoms with E-state index in [9.17, 15) is 0 Å². The summed E-state index contributed by atoms with van der Waals surface area (Å²) in [5.74, 6) is 0.951. The van der Waals surface area contributed by atoms with Gasteiger partial charge >= 0.3 is 0 Å². The van der Waals surface area contributed by atoms with Crippen molar-refractivity contribution in [3.8, 4) is 0 Å². The Morgan fingerprint density at radius 1 is 1.57 bits per heavy atom. The Balaban J connectivity index is 2.12. The molecule has 1 aliphatic rings. The van der Waals surface area contributed by atoms with Gasteiger partial charge in [-0.3, -0.25) is 4.98 Å². The van der Waals surface area contributed by atoms with Crippen molar-refractivity contribution in [2.24, 2.45) is 5.92 Å². The largest absolute Gasteiger partial charge is 0.313 e. The van der Waals surface area contributed by atoms with Gasteiger partial charge in [0.05, 0.1) is 0 Å². The SMILES string of the molecule is CNC(CC1CC1)c1cnccc1C. The van der Waals surface area contributed by atoms with Crippen molar-refractivity contribution in [2.45, 2.75) is 32.2 Å². The van der Waals surface area contributed by atoms with E-state index < -0.39 is 0 Å². The highest BCUT2D eigenvalue weighted by Crippen LogP contribution is 2.37. The van der Waals surface area contributed by atoms with Crippen LogP contribution in [0.5, 0.6) is 0 Å². The van der Waals surface area contributed by atoms with Gasteiger partial charge in [-0.2, -0.15) is 0 Å².